The average Bonchev–Trinajstić information content (AvgIpc) is 2.38. The van der Waals surface area contributed by atoms with Crippen molar-refractivity contribution in [2.24, 2.45) is 5.41 Å². The number of rotatable bonds is 6. The summed E-state index contributed by atoms with van der Waals surface area (Å²) in [6, 6.07) is 0. The van der Waals surface area contributed by atoms with Crippen molar-refractivity contribution >= 4 is 11.9 Å². The molecular weight excluding hydrogens is 256 g/mol. The predicted molar refractivity (Wildman–Crippen MR) is 76.4 cm³/mol. The zero-order valence-electron chi connectivity index (χ0n) is 12.3. The lowest BCUT2D eigenvalue weighted by atomic mass is 9.68. The van der Waals surface area contributed by atoms with Gasteiger partial charge in [0.05, 0.1) is 5.41 Å². The van der Waals surface area contributed by atoms with Crippen LogP contribution >= 0.6 is 0 Å². The second-order valence-electron chi connectivity index (χ2n) is 6.48. The van der Waals surface area contributed by atoms with Gasteiger partial charge in [-0.15, -0.1) is 0 Å². The summed E-state index contributed by atoms with van der Waals surface area (Å²) in [5.41, 5.74) is -0.784. The summed E-state index contributed by atoms with van der Waals surface area (Å²) >= 11 is 0. The zero-order chi connectivity index (χ0) is 14.6. The summed E-state index contributed by atoms with van der Waals surface area (Å²) in [5, 5.41) is 15.4. The Labute approximate surface area is 120 Å². The molecule has 2 saturated carbocycles. The van der Waals surface area contributed by atoms with Crippen LogP contribution in [0.1, 0.15) is 57.8 Å². The van der Waals surface area contributed by atoms with Crippen LogP contribution in [-0.2, 0) is 9.59 Å². The number of carbonyl (C=O) groups excluding carboxylic acids is 1. The van der Waals surface area contributed by atoms with Crippen LogP contribution in [0.4, 0.5) is 0 Å². The summed E-state index contributed by atoms with van der Waals surface area (Å²) < 4.78 is 0. The first-order valence-corrected chi connectivity index (χ1v) is 7.71. The fraction of sp³-hybridized carbons (Fsp3) is 0.867. The molecule has 0 aliphatic heterocycles. The van der Waals surface area contributed by atoms with Gasteiger partial charge in [0.1, 0.15) is 0 Å². The summed E-state index contributed by atoms with van der Waals surface area (Å²) in [4.78, 5) is 23.4. The van der Waals surface area contributed by atoms with Crippen LogP contribution in [0, 0.1) is 5.41 Å². The summed E-state index contributed by atoms with van der Waals surface area (Å²) in [6.07, 6.45) is 8.39. The molecular formula is C15H26N2O3. The minimum atomic E-state index is -0.773. The molecule has 0 unspecified atom stereocenters. The molecule has 2 aliphatic carbocycles. The Bertz CT molecular complexity index is 371. The third kappa shape index (κ3) is 3.14. The second-order valence-corrected chi connectivity index (χ2v) is 6.48. The van der Waals surface area contributed by atoms with E-state index in [0.29, 0.717) is 19.3 Å². The Morgan fingerprint density at radius 2 is 1.70 bits per heavy atom. The maximum Gasteiger partial charge on any atom is 0.311 e. The van der Waals surface area contributed by atoms with E-state index in [1.807, 2.05) is 7.05 Å². The Morgan fingerprint density at radius 3 is 2.15 bits per heavy atom. The Hall–Kier alpha value is -1.10. The lowest BCUT2D eigenvalue weighted by molar-refractivity contribution is -0.154. The summed E-state index contributed by atoms with van der Waals surface area (Å²) in [5.74, 6) is -0.793. The van der Waals surface area contributed by atoms with Crippen LogP contribution in [-0.4, -0.2) is 36.1 Å². The molecule has 20 heavy (non-hydrogen) atoms. The average molecular weight is 282 g/mol. The molecule has 0 spiro atoms. The molecule has 2 aliphatic rings. The number of hydrogen-bond donors (Lipinski definition) is 3. The van der Waals surface area contributed by atoms with Crippen LogP contribution < -0.4 is 10.6 Å². The van der Waals surface area contributed by atoms with Crippen molar-refractivity contribution in [3.05, 3.63) is 0 Å². The highest BCUT2D eigenvalue weighted by Crippen LogP contribution is 2.40. The topological polar surface area (TPSA) is 78.4 Å². The minimum Gasteiger partial charge on any atom is -0.481 e. The molecule has 0 aromatic heterocycles. The van der Waals surface area contributed by atoms with Gasteiger partial charge in [0.25, 0.3) is 0 Å². The predicted octanol–water partition coefficient (Wildman–Crippen LogP) is 1.67. The molecule has 0 radical (unpaired) electrons. The molecule has 0 aromatic rings. The lowest BCUT2D eigenvalue weighted by Crippen LogP contribution is -2.51. The fourth-order valence-corrected chi connectivity index (χ4v) is 3.45. The molecule has 0 bridgehead atoms. The van der Waals surface area contributed by atoms with Gasteiger partial charge in [-0.3, -0.25) is 9.59 Å². The van der Waals surface area contributed by atoms with Gasteiger partial charge in [-0.05, 0) is 32.7 Å². The number of carbonyl (C=O) groups is 2. The van der Waals surface area contributed by atoms with E-state index < -0.39 is 11.4 Å². The van der Waals surface area contributed by atoms with E-state index in [9.17, 15) is 14.7 Å². The Kier molecular flexibility index (Phi) is 4.68. The minimum absolute atomic E-state index is 0.0197. The molecule has 0 heterocycles. The van der Waals surface area contributed by atoms with Gasteiger partial charge in [-0.25, -0.2) is 0 Å². The molecule has 5 heteroatoms. The van der Waals surface area contributed by atoms with Crippen LogP contribution in [0.25, 0.3) is 0 Å². The Morgan fingerprint density at radius 1 is 1.05 bits per heavy atom. The lowest BCUT2D eigenvalue weighted by Gasteiger charge is -2.39. The largest absolute Gasteiger partial charge is 0.481 e. The van der Waals surface area contributed by atoms with Crippen molar-refractivity contribution in [3.63, 3.8) is 0 Å². The SMILES string of the molecule is CNC1(CC(=O)NCC2(C(=O)O)CCC2)CCCCC1. The first-order chi connectivity index (χ1) is 9.52. The van der Waals surface area contributed by atoms with E-state index in [0.717, 1.165) is 32.1 Å². The van der Waals surface area contributed by atoms with E-state index in [1.165, 1.54) is 6.42 Å². The van der Waals surface area contributed by atoms with Crippen LogP contribution in [0.3, 0.4) is 0 Å². The van der Waals surface area contributed by atoms with Crippen molar-refractivity contribution in [2.45, 2.75) is 63.3 Å². The number of carboxylic acid groups (broad SMARTS) is 1. The quantitative estimate of drug-likeness (QED) is 0.692. The van der Waals surface area contributed by atoms with Gasteiger partial charge < -0.3 is 15.7 Å². The van der Waals surface area contributed by atoms with Gasteiger partial charge in [0.2, 0.25) is 5.91 Å². The number of carboxylic acids is 1. The van der Waals surface area contributed by atoms with Crippen LogP contribution in [0.5, 0.6) is 0 Å². The highest BCUT2D eigenvalue weighted by atomic mass is 16.4. The summed E-state index contributed by atoms with van der Waals surface area (Å²) in [7, 11) is 1.92. The third-order valence-corrected chi connectivity index (χ3v) is 5.23. The van der Waals surface area contributed by atoms with Crippen molar-refractivity contribution in [1.82, 2.24) is 10.6 Å². The van der Waals surface area contributed by atoms with Crippen LogP contribution in [0.2, 0.25) is 0 Å². The first kappa shape index (κ1) is 15.3. The van der Waals surface area contributed by atoms with E-state index in [4.69, 9.17) is 0 Å². The molecule has 2 fully saturated rings. The van der Waals surface area contributed by atoms with Gasteiger partial charge in [-0.2, -0.15) is 0 Å². The van der Waals surface area contributed by atoms with Crippen LogP contribution in [0.15, 0.2) is 0 Å². The van der Waals surface area contributed by atoms with Gasteiger partial charge in [0, 0.05) is 18.5 Å². The number of nitrogens with one attached hydrogen (secondary N) is 2. The normalized spacial score (nSPS) is 23.6. The number of aliphatic carboxylic acids is 1. The first-order valence-electron chi connectivity index (χ1n) is 7.71. The molecule has 1 amide bonds. The van der Waals surface area contributed by atoms with E-state index in [2.05, 4.69) is 10.6 Å². The monoisotopic (exact) mass is 282 g/mol. The Balaban J connectivity index is 1.84. The molecule has 5 nitrogen and oxygen atoms in total. The molecule has 0 aromatic carbocycles. The molecule has 114 valence electrons. The van der Waals surface area contributed by atoms with Crippen molar-refractivity contribution in [1.29, 1.82) is 0 Å². The second kappa shape index (κ2) is 6.12. The maximum absolute atomic E-state index is 12.1. The highest BCUT2D eigenvalue weighted by molar-refractivity contribution is 5.80. The van der Waals surface area contributed by atoms with Crippen molar-refractivity contribution < 1.29 is 14.7 Å². The number of hydrogen-bond acceptors (Lipinski definition) is 3. The molecule has 0 atom stereocenters. The zero-order valence-corrected chi connectivity index (χ0v) is 12.3. The van der Waals surface area contributed by atoms with E-state index >= 15 is 0 Å². The van der Waals surface area contributed by atoms with E-state index in [-0.39, 0.29) is 18.0 Å². The fourth-order valence-electron chi connectivity index (χ4n) is 3.45. The van der Waals surface area contributed by atoms with Gasteiger partial charge in [0.15, 0.2) is 0 Å². The standard InChI is InChI=1S/C15H26N2O3/c1-16-15(8-3-2-4-9-15)10-12(18)17-11-14(13(19)20)6-5-7-14/h16H,2-11H2,1H3,(H,17,18)(H,19,20). The molecule has 3 N–H and O–H groups in total. The third-order valence-electron chi connectivity index (χ3n) is 5.23. The van der Waals surface area contributed by atoms with Crippen molar-refractivity contribution in [3.8, 4) is 0 Å². The van der Waals surface area contributed by atoms with Crippen molar-refractivity contribution in [2.75, 3.05) is 13.6 Å². The van der Waals surface area contributed by atoms with Gasteiger partial charge in [-0.1, -0.05) is 25.7 Å². The smallest absolute Gasteiger partial charge is 0.311 e. The summed E-state index contributed by atoms with van der Waals surface area (Å²) in [6.45, 7) is 0.279. The van der Waals surface area contributed by atoms with Gasteiger partial charge >= 0.3 is 5.97 Å². The molecule has 2 rings (SSSR count). The number of amides is 1. The van der Waals surface area contributed by atoms with E-state index in [1.54, 1.807) is 0 Å². The molecule has 0 saturated heterocycles. The maximum atomic E-state index is 12.1. The highest BCUT2D eigenvalue weighted by Gasteiger charge is 2.44.